The standard InChI is InChI=1S/C9H13N3O2S/c1-7(8-2-3-8)12-15(13,14)9-4-10-6-11-5-9/h4-8,12H,2-3H2,1H3/t7-/m0/s1. The van der Waals surface area contributed by atoms with Gasteiger partial charge in [-0.3, -0.25) is 0 Å². The van der Waals surface area contributed by atoms with E-state index in [4.69, 9.17) is 0 Å². The lowest BCUT2D eigenvalue weighted by Crippen LogP contribution is -2.34. The van der Waals surface area contributed by atoms with E-state index < -0.39 is 10.0 Å². The Labute approximate surface area is 89.0 Å². The molecule has 5 nitrogen and oxygen atoms in total. The van der Waals surface area contributed by atoms with Gasteiger partial charge in [-0.25, -0.2) is 23.1 Å². The van der Waals surface area contributed by atoms with Gasteiger partial charge in [0.15, 0.2) is 0 Å². The van der Waals surface area contributed by atoms with E-state index in [0.29, 0.717) is 5.92 Å². The number of aromatic nitrogens is 2. The molecule has 1 aliphatic rings. The molecule has 1 fully saturated rings. The fourth-order valence-corrected chi connectivity index (χ4v) is 2.65. The van der Waals surface area contributed by atoms with Crippen molar-refractivity contribution in [2.75, 3.05) is 0 Å². The summed E-state index contributed by atoms with van der Waals surface area (Å²) in [5, 5.41) is 0. The molecule has 0 unspecified atom stereocenters. The highest BCUT2D eigenvalue weighted by Gasteiger charge is 2.31. The molecular weight excluding hydrogens is 214 g/mol. The molecule has 6 heteroatoms. The van der Waals surface area contributed by atoms with E-state index in [1.165, 1.54) is 18.7 Å². The lowest BCUT2D eigenvalue weighted by Gasteiger charge is -2.12. The summed E-state index contributed by atoms with van der Waals surface area (Å²) in [5.41, 5.74) is 0. The van der Waals surface area contributed by atoms with Crippen molar-refractivity contribution in [2.45, 2.75) is 30.7 Å². The summed E-state index contributed by atoms with van der Waals surface area (Å²) in [6, 6.07) is -0.00444. The third-order valence-corrected chi connectivity index (χ3v) is 4.03. The van der Waals surface area contributed by atoms with Crippen LogP contribution in [-0.4, -0.2) is 24.4 Å². The lowest BCUT2D eigenvalue weighted by molar-refractivity contribution is 0.537. The highest BCUT2D eigenvalue weighted by Crippen LogP contribution is 2.32. The average molecular weight is 227 g/mol. The van der Waals surface area contributed by atoms with Crippen molar-refractivity contribution in [3.8, 4) is 0 Å². The first-order valence-electron chi connectivity index (χ1n) is 4.87. The monoisotopic (exact) mass is 227 g/mol. The highest BCUT2D eigenvalue weighted by molar-refractivity contribution is 7.89. The van der Waals surface area contributed by atoms with Gasteiger partial charge in [0.05, 0.1) is 12.4 Å². The van der Waals surface area contributed by atoms with Gasteiger partial charge in [0.25, 0.3) is 0 Å². The van der Waals surface area contributed by atoms with Gasteiger partial charge in [-0.15, -0.1) is 0 Å². The molecule has 1 heterocycles. The molecule has 0 amide bonds. The van der Waals surface area contributed by atoms with E-state index in [1.54, 1.807) is 0 Å². The molecule has 0 aromatic carbocycles. The van der Waals surface area contributed by atoms with Crippen LogP contribution in [0.15, 0.2) is 23.6 Å². The zero-order valence-electron chi connectivity index (χ0n) is 8.42. The fourth-order valence-electron chi connectivity index (χ4n) is 1.43. The van der Waals surface area contributed by atoms with Crippen molar-refractivity contribution >= 4 is 10.0 Å². The van der Waals surface area contributed by atoms with Gasteiger partial charge in [-0.05, 0) is 25.7 Å². The number of hydrogen-bond acceptors (Lipinski definition) is 4. The third kappa shape index (κ3) is 2.51. The van der Waals surface area contributed by atoms with E-state index in [2.05, 4.69) is 14.7 Å². The first kappa shape index (κ1) is 10.5. The van der Waals surface area contributed by atoms with Crippen LogP contribution < -0.4 is 4.72 Å². The smallest absolute Gasteiger partial charge is 0.243 e. The van der Waals surface area contributed by atoms with Crippen LogP contribution in [0.5, 0.6) is 0 Å². The van der Waals surface area contributed by atoms with Crippen molar-refractivity contribution in [1.82, 2.24) is 14.7 Å². The van der Waals surface area contributed by atoms with E-state index in [1.807, 2.05) is 6.92 Å². The Morgan fingerprint density at radius 3 is 2.53 bits per heavy atom. The molecular formula is C9H13N3O2S. The Hall–Kier alpha value is -1.01. The van der Waals surface area contributed by atoms with Crippen LogP contribution in [0.25, 0.3) is 0 Å². The Morgan fingerprint density at radius 1 is 1.40 bits per heavy atom. The van der Waals surface area contributed by atoms with E-state index in [9.17, 15) is 8.42 Å². The third-order valence-electron chi connectivity index (χ3n) is 2.52. The van der Waals surface area contributed by atoms with Crippen molar-refractivity contribution in [1.29, 1.82) is 0 Å². The van der Waals surface area contributed by atoms with E-state index in [0.717, 1.165) is 12.8 Å². The first-order valence-corrected chi connectivity index (χ1v) is 6.35. The maximum atomic E-state index is 11.8. The van der Waals surface area contributed by atoms with Gasteiger partial charge in [-0.2, -0.15) is 0 Å². The molecule has 0 aliphatic heterocycles. The Kier molecular flexibility index (Phi) is 2.70. The summed E-state index contributed by atoms with van der Waals surface area (Å²) >= 11 is 0. The molecule has 0 spiro atoms. The number of nitrogens with one attached hydrogen (secondary N) is 1. The molecule has 1 saturated carbocycles. The van der Waals surface area contributed by atoms with Crippen LogP contribution in [0.3, 0.4) is 0 Å². The SMILES string of the molecule is C[C@H](NS(=O)(=O)c1cncnc1)C1CC1. The Bertz CT molecular complexity index is 428. The second-order valence-corrected chi connectivity index (χ2v) is 5.54. The highest BCUT2D eigenvalue weighted by atomic mass is 32.2. The topological polar surface area (TPSA) is 72.0 Å². The minimum atomic E-state index is -3.44. The largest absolute Gasteiger partial charge is 0.243 e. The van der Waals surface area contributed by atoms with Crippen LogP contribution in [-0.2, 0) is 10.0 Å². The second-order valence-electron chi connectivity index (χ2n) is 3.82. The van der Waals surface area contributed by atoms with Gasteiger partial charge in [-0.1, -0.05) is 0 Å². The van der Waals surface area contributed by atoms with E-state index in [-0.39, 0.29) is 10.9 Å². The maximum Gasteiger partial charge on any atom is 0.243 e. The fraction of sp³-hybridized carbons (Fsp3) is 0.556. The lowest BCUT2D eigenvalue weighted by atomic mass is 10.2. The molecule has 0 bridgehead atoms. The predicted octanol–water partition coefficient (Wildman–Crippen LogP) is 0.553. The summed E-state index contributed by atoms with van der Waals surface area (Å²) in [5.74, 6) is 0.490. The van der Waals surface area contributed by atoms with Gasteiger partial charge < -0.3 is 0 Å². The molecule has 82 valence electrons. The van der Waals surface area contributed by atoms with Crippen LogP contribution in [0.4, 0.5) is 0 Å². The molecule has 1 aromatic heterocycles. The molecule has 1 N–H and O–H groups in total. The van der Waals surface area contributed by atoms with Crippen molar-refractivity contribution in [3.63, 3.8) is 0 Å². The van der Waals surface area contributed by atoms with Crippen LogP contribution in [0, 0.1) is 5.92 Å². The van der Waals surface area contributed by atoms with Crippen LogP contribution in [0.1, 0.15) is 19.8 Å². The van der Waals surface area contributed by atoms with Crippen LogP contribution in [0.2, 0.25) is 0 Å². The summed E-state index contributed by atoms with van der Waals surface area (Å²) < 4.78 is 26.2. The quantitative estimate of drug-likeness (QED) is 0.815. The Balaban J connectivity index is 2.13. The van der Waals surface area contributed by atoms with Crippen molar-refractivity contribution in [3.05, 3.63) is 18.7 Å². The number of nitrogens with zero attached hydrogens (tertiary/aromatic N) is 2. The molecule has 1 aromatic rings. The average Bonchev–Trinajstić information content (AvgIpc) is 3.01. The summed E-state index contributed by atoms with van der Waals surface area (Å²) in [4.78, 5) is 7.50. The maximum absolute atomic E-state index is 11.8. The molecule has 0 radical (unpaired) electrons. The number of rotatable bonds is 4. The van der Waals surface area contributed by atoms with Crippen molar-refractivity contribution in [2.24, 2.45) is 5.92 Å². The number of sulfonamides is 1. The van der Waals surface area contributed by atoms with Gasteiger partial charge in [0, 0.05) is 6.04 Å². The minimum Gasteiger partial charge on any atom is -0.243 e. The van der Waals surface area contributed by atoms with E-state index >= 15 is 0 Å². The molecule has 1 aliphatic carbocycles. The first-order chi connectivity index (χ1) is 7.09. The number of hydrogen-bond donors (Lipinski definition) is 1. The Morgan fingerprint density at radius 2 is 2.00 bits per heavy atom. The molecule has 2 rings (SSSR count). The van der Waals surface area contributed by atoms with Crippen LogP contribution >= 0.6 is 0 Å². The minimum absolute atomic E-state index is 0.00444. The molecule has 15 heavy (non-hydrogen) atoms. The predicted molar refractivity (Wildman–Crippen MR) is 54.5 cm³/mol. The summed E-state index contributed by atoms with van der Waals surface area (Å²) in [6.07, 6.45) is 6.12. The van der Waals surface area contributed by atoms with Crippen molar-refractivity contribution < 1.29 is 8.42 Å². The summed E-state index contributed by atoms with van der Waals surface area (Å²) in [6.45, 7) is 1.89. The summed E-state index contributed by atoms with van der Waals surface area (Å²) in [7, 11) is -3.44. The van der Waals surface area contributed by atoms with Gasteiger partial charge in [0.1, 0.15) is 11.2 Å². The van der Waals surface area contributed by atoms with Gasteiger partial charge in [0.2, 0.25) is 10.0 Å². The second kappa shape index (κ2) is 3.86. The zero-order valence-corrected chi connectivity index (χ0v) is 9.24. The normalized spacial score (nSPS) is 18.7. The molecule has 0 saturated heterocycles. The van der Waals surface area contributed by atoms with Gasteiger partial charge >= 0.3 is 0 Å². The zero-order chi connectivity index (χ0) is 10.9. The molecule has 1 atom stereocenters.